The summed E-state index contributed by atoms with van der Waals surface area (Å²) in [5, 5.41) is 2.89. The lowest BCUT2D eigenvalue weighted by atomic mass is 9.96. The Kier molecular flexibility index (Phi) is 5.21. The minimum atomic E-state index is -0.912. The Morgan fingerprint density at radius 2 is 2.16 bits per heavy atom. The van der Waals surface area contributed by atoms with Crippen molar-refractivity contribution < 1.29 is 13.6 Å². The number of nitrogens with zero attached hydrogens (tertiary/aromatic N) is 3. The number of aromatic nitrogens is 2. The van der Waals surface area contributed by atoms with Crippen LogP contribution < -0.4 is 10.2 Å². The van der Waals surface area contributed by atoms with E-state index in [-0.39, 0.29) is 11.8 Å². The molecule has 1 aromatic carbocycles. The van der Waals surface area contributed by atoms with Crippen molar-refractivity contribution in [2.24, 2.45) is 5.92 Å². The first-order valence-electron chi connectivity index (χ1n) is 8.31. The van der Waals surface area contributed by atoms with Gasteiger partial charge in [0.25, 0.3) is 0 Å². The molecular weight excluding hydrogens is 326 g/mol. The molecule has 2 atom stereocenters. The number of anilines is 1. The van der Waals surface area contributed by atoms with E-state index in [1.165, 1.54) is 6.07 Å². The number of nitrogens with one attached hydrogen (secondary N) is 1. The molecule has 3 rings (SSSR count). The molecule has 1 aromatic heterocycles. The third kappa shape index (κ3) is 4.10. The zero-order chi connectivity index (χ0) is 17.8. The van der Waals surface area contributed by atoms with Gasteiger partial charge < -0.3 is 10.2 Å². The normalized spacial score (nSPS) is 18.7. The first-order valence-corrected chi connectivity index (χ1v) is 8.31. The van der Waals surface area contributed by atoms with Crippen LogP contribution in [0, 0.1) is 17.6 Å². The molecule has 2 unspecified atom stereocenters. The number of hydrogen-bond donors (Lipinski definition) is 1. The zero-order valence-electron chi connectivity index (χ0n) is 14.0. The van der Waals surface area contributed by atoms with Crippen LogP contribution in [0.3, 0.4) is 0 Å². The topological polar surface area (TPSA) is 58.1 Å². The number of hydrogen-bond acceptors (Lipinski definition) is 4. The maximum atomic E-state index is 13.4. The molecule has 1 saturated heterocycles. The van der Waals surface area contributed by atoms with Crippen LogP contribution in [-0.4, -0.2) is 29.0 Å². The largest absolute Gasteiger partial charge is 0.355 e. The van der Waals surface area contributed by atoms with Crippen LogP contribution in [0.15, 0.2) is 36.8 Å². The second-order valence-corrected chi connectivity index (χ2v) is 6.25. The van der Waals surface area contributed by atoms with Gasteiger partial charge in [0, 0.05) is 25.5 Å². The van der Waals surface area contributed by atoms with E-state index in [9.17, 15) is 13.6 Å². The fourth-order valence-corrected chi connectivity index (χ4v) is 3.05. The van der Waals surface area contributed by atoms with E-state index in [1.807, 2.05) is 4.90 Å². The van der Waals surface area contributed by atoms with Gasteiger partial charge in [0.15, 0.2) is 11.6 Å². The second-order valence-electron chi connectivity index (χ2n) is 6.25. The van der Waals surface area contributed by atoms with Crippen molar-refractivity contribution in [2.45, 2.75) is 25.8 Å². The summed E-state index contributed by atoms with van der Waals surface area (Å²) in [6.07, 6.45) is 6.59. The number of carbonyl (C=O) groups excluding carboxylic acids is 1. The predicted octanol–water partition coefficient (Wildman–Crippen LogP) is 2.85. The molecule has 25 heavy (non-hydrogen) atoms. The Bertz CT molecular complexity index is 741. The molecule has 0 radical (unpaired) electrons. The quantitative estimate of drug-likeness (QED) is 0.925. The van der Waals surface area contributed by atoms with E-state index in [1.54, 1.807) is 25.5 Å². The molecule has 5 nitrogen and oxygen atoms in total. The highest BCUT2D eigenvalue weighted by Gasteiger charge is 2.27. The Morgan fingerprint density at radius 3 is 2.88 bits per heavy atom. The molecule has 2 heterocycles. The van der Waals surface area contributed by atoms with E-state index < -0.39 is 17.7 Å². The molecule has 132 valence electrons. The van der Waals surface area contributed by atoms with Crippen molar-refractivity contribution in [1.29, 1.82) is 0 Å². The van der Waals surface area contributed by atoms with Gasteiger partial charge in [-0.05, 0) is 37.5 Å². The summed E-state index contributed by atoms with van der Waals surface area (Å²) < 4.78 is 26.4. The third-order valence-electron chi connectivity index (χ3n) is 4.47. The molecule has 7 heteroatoms. The predicted molar refractivity (Wildman–Crippen MR) is 89.9 cm³/mol. The number of piperidine rings is 1. The van der Waals surface area contributed by atoms with E-state index >= 15 is 0 Å². The lowest BCUT2D eigenvalue weighted by Crippen LogP contribution is -2.44. The van der Waals surface area contributed by atoms with E-state index in [2.05, 4.69) is 15.3 Å². The number of rotatable bonds is 4. The Balaban J connectivity index is 1.63. The van der Waals surface area contributed by atoms with E-state index in [4.69, 9.17) is 0 Å². The van der Waals surface area contributed by atoms with Gasteiger partial charge in [-0.1, -0.05) is 6.07 Å². The molecule has 0 aliphatic carbocycles. The van der Waals surface area contributed by atoms with Crippen LogP contribution in [0.5, 0.6) is 0 Å². The summed E-state index contributed by atoms with van der Waals surface area (Å²) in [5.74, 6) is -1.32. The molecule has 0 saturated carbocycles. The summed E-state index contributed by atoms with van der Waals surface area (Å²) in [5.41, 5.74) is 0.536. The van der Waals surface area contributed by atoms with E-state index in [0.717, 1.165) is 37.3 Å². The monoisotopic (exact) mass is 346 g/mol. The van der Waals surface area contributed by atoms with Crippen molar-refractivity contribution in [3.05, 3.63) is 54.0 Å². The van der Waals surface area contributed by atoms with Crippen molar-refractivity contribution in [2.75, 3.05) is 18.0 Å². The highest BCUT2D eigenvalue weighted by atomic mass is 19.2. The van der Waals surface area contributed by atoms with Gasteiger partial charge in [-0.2, -0.15) is 0 Å². The van der Waals surface area contributed by atoms with Gasteiger partial charge in [-0.3, -0.25) is 9.78 Å². The second kappa shape index (κ2) is 7.55. The molecule has 0 bridgehead atoms. The molecule has 1 N–H and O–H groups in total. The smallest absolute Gasteiger partial charge is 0.225 e. The standard InChI is InChI=1S/C18H20F2N4O/c1-12(13-4-5-15(19)16(20)9-13)23-18(25)14-3-2-8-24(11-14)17-10-21-6-7-22-17/h4-7,9-10,12,14H,2-3,8,11H2,1H3,(H,23,25). The average molecular weight is 346 g/mol. The minimum Gasteiger partial charge on any atom is -0.355 e. The highest BCUT2D eigenvalue weighted by molar-refractivity contribution is 5.80. The maximum absolute atomic E-state index is 13.4. The molecular formula is C18H20F2N4O. The maximum Gasteiger partial charge on any atom is 0.225 e. The third-order valence-corrected chi connectivity index (χ3v) is 4.47. The highest BCUT2D eigenvalue weighted by Crippen LogP contribution is 2.22. The first-order chi connectivity index (χ1) is 12.0. The number of halogens is 2. The van der Waals surface area contributed by atoms with Crippen LogP contribution in [0.25, 0.3) is 0 Å². The van der Waals surface area contributed by atoms with Gasteiger partial charge in [0.2, 0.25) is 5.91 Å². The molecule has 2 aromatic rings. The fraction of sp³-hybridized carbons (Fsp3) is 0.389. The van der Waals surface area contributed by atoms with E-state index in [0.29, 0.717) is 12.1 Å². The van der Waals surface area contributed by atoms with Crippen molar-refractivity contribution in [3.8, 4) is 0 Å². The lowest BCUT2D eigenvalue weighted by molar-refractivity contribution is -0.125. The summed E-state index contributed by atoms with van der Waals surface area (Å²) in [7, 11) is 0. The molecule has 1 amide bonds. The van der Waals surface area contributed by atoms with Gasteiger partial charge >= 0.3 is 0 Å². The number of amides is 1. The van der Waals surface area contributed by atoms with Crippen LogP contribution in [-0.2, 0) is 4.79 Å². The summed E-state index contributed by atoms with van der Waals surface area (Å²) in [6.45, 7) is 3.16. The van der Waals surface area contributed by atoms with Gasteiger partial charge in [0.05, 0.1) is 18.2 Å². The first kappa shape index (κ1) is 17.3. The fourth-order valence-electron chi connectivity index (χ4n) is 3.05. The van der Waals surface area contributed by atoms with Crippen molar-refractivity contribution in [1.82, 2.24) is 15.3 Å². The SMILES string of the molecule is CC(NC(=O)C1CCCN(c2cnccn2)C1)c1ccc(F)c(F)c1. The van der Waals surface area contributed by atoms with Crippen molar-refractivity contribution >= 4 is 11.7 Å². The van der Waals surface area contributed by atoms with Gasteiger partial charge in [-0.15, -0.1) is 0 Å². The summed E-state index contributed by atoms with van der Waals surface area (Å²) >= 11 is 0. The Morgan fingerprint density at radius 1 is 1.32 bits per heavy atom. The van der Waals surface area contributed by atoms with Crippen LogP contribution in [0.1, 0.15) is 31.4 Å². The Labute approximate surface area is 145 Å². The van der Waals surface area contributed by atoms with Gasteiger partial charge in [-0.25, -0.2) is 13.8 Å². The molecule has 1 fully saturated rings. The van der Waals surface area contributed by atoms with Crippen molar-refractivity contribution in [3.63, 3.8) is 0 Å². The zero-order valence-corrected chi connectivity index (χ0v) is 14.0. The molecule has 1 aliphatic rings. The average Bonchev–Trinajstić information content (AvgIpc) is 2.64. The number of benzene rings is 1. The Hall–Kier alpha value is -2.57. The molecule has 1 aliphatic heterocycles. The molecule has 0 spiro atoms. The van der Waals surface area contributed by atoms with Crippen LogP contribution >= 0.6 is 0 Å². The van der Waals surface area contributed by atoms with Gasteiger partial charge in [0.1, 0.15) is 5.82 Å². The lowest BCUT2D eigenvalue weighted by Gasteiger charge is -2.33. The summed E-state index contributed by atoms with van der Waals surface area (Å²) in [6, 6.07) is 3.28. The van der Waals surface area contributed by atoms with Crippen LogP contribution in [0.4, 0.5) is 14.6 Å². The summed E-state index contributed by atoms with van der Waals surface area (Å²) in [4.78, 5) is 23.0. The minimum absolute atomic E-state index is 0.0918. The number of carbonyl (C=O) groups is 1. The van der Waals surface area contributed by atoms with Crippen LogP contribution in [0.2, 0.25) is 0 Å².